The Balaban J connectivity index is 1.26. The van der Waals surface area contributed by atoms with Crippen LogP contribution in [0.4, 0.5) is 0 Å². The van der Waals surface area contributed by atoms with Crippen molar-refractivity contribution in [3.8, 4) is 5.75 Å². The minimum absolute atomic E-state index is 0.0602. The summed E-state index contributed by atoms with van der Waals surface area (Å²) >= 11 is 5.99. The zero-order chi connectivity index (χ0) is 22.1. The van der Waals surface area contributed by atoms with Gasteiger partial charge in [0.25, 0.3) is 5.91 Å². The molecular formula is C24H24ClN5O2. The van der Waals surface area contributed by atoms with Gasteiger partial charge in [0.15, 0.2) is 12.4 Å². The molecule has 0 spiro atoms. The summed E-state index contributed by atoms with van der Waals surface area (Å²) in [5.74, 6) is 1.83. The molecule has 1 atom stereocenters. The molecule has 1 aliphatic rings. The molecule has 1 aliphatic heterocycles. The lowest BCUT2D eigenvalue weighted by Crippen LogP contribution is -2.40. The molecule has 5 rings (SSSR count). The van der Waals surface area contributed by atoms with Crippen molar-refractivity contribution >= 4 is 28.5 Å². The maximum atomic E-state index is 13.1. The Labute approximate surface area is 191 Å². The number of aromatic nitrogens is 4. The van der Waals surface area contributed by atoms with Gasteiger partial charge in [0.2, 0.25) is 0 Å². The van der Waals surface area contributed by atoms with Gasteiger partial charge < -0.3 is 14.2 Å². The fourth-order valence-corrected chi connectivity index (χ4v) is 4.49. The lowest BCUT2D eigenvalue weighted by atomic mass is 9.97. The molecule has 2 aromatic carbocycles. The number of aryl methyl sites for hydroxylation is 1. The number of imidazole rings is 1. The van der Waals surface area contributed by atoms with Gasteiger partial charge in [-0.3, -0.25) is 4.79 Å². The third-order valence-corrected chi connectivity index (χ3v) is 6.15. The predicted octanol–water partition coefficient (Wildman–Crippen LogP) is 4.48. The zero-order valence-corrected chi connectivity index (χ0v) is 18.6. The van der Waals surface area contributed by atoms with E-state index in [2.05, 4.69) is 15.7 Å². The van der Waals surface area contributed by atoms with E-state index in [0.29, 0.717) is 23.0 Å². The summed E-state index contributed by atoms with van der Waals surface area (Å²) in [5.41, 5.74) is 2.53. The van der Waals surface area contributed by atoms with E-state index < -0.39 is 0 Å². The molecule has 0 aliphatic carbocycles. The van der Waals surface area contributed by atoms with Gasteiger partial charge >= 0.3 is 0 Å². The minimum atomic E-state index is -0.0602. The Bertz CT molecular complexity index is 1260. The van der Waals surface area contributed by atoms with Gasteiger partial charge in [-0.1, -0.05) is 29.8 Å². The molecule has 1 saturated heterocycles. The number of piperidine rings is 1. The number of ether oxygens (including phenoxy) is 1. The van der Waals surface area contributed by atoms with Gasteiger partial charge in [-0.05, 0) is 49.2 Å². The standard InChI is InChI=1S/C24H24ClN5O2/c1-28-22-10-3-2-9-20(22)26-23(28)17-6-5-12-29(15-17)24(31)21-11-13-30(27-21)16-32-19-8-4-7-18(25)14-19/h2-4,7-11,13-14,17H,5-6,12,15-16H2,1H3. The number of carbonyl (C=O) groups is 1. The molecule has 1 unspecified atom stereocenters. The van der Waals surface area contributed by atoms with E-state index in [1.807, 2.05) is 42.3 Å². The van der Waals surface area contributed by atoms with Crippen molar-refractivity contribution in [1.82, 2.24) is 24.2 Å². The maximum Gasteiger partial charge on any atom is 0.274 e. The smallest absolute Gasteiger partial charge is 0.274 e. The normalized spacial score (nSPS) is 16.4. The Morgan fingerprint density at radius 1 is 1.19 bits per heavy atom. The van der Waals surface area contributed by atoms with Crippen LogP contribution in [-0.4, -0.2) is 43.2 Å². The van der Waals surface area contributed by atoms with Crippen LogP contribution in [0.5, 0.6) is 5.75 Å². The summed E-state index contributed by atoms with van der Waals surface area (Å²) in [6, 6.07) is 17.1. The van der Waals surface area contributed by atoms with E-state index in [0.717, 1.165) is 36.2 Å². The van der Waals surface area contributed by atoms with Crippen LogP contribution in [0.25, 0.3) is 11.0 Å². The molecule has 0 radical (unpaired) electrons. The molecule has 7 nitrogen and oxygen atoms in total. The molecule has 0 N–H and O–H groups in total. The summed E-state index contributed by atoms with van der Waals surface area (Å²) in [6.45, 7) is 1.57. The number of halogens is 1. The highest BCUT2D eigenvalue weighted by molar-refractivity contribution is 6.30. The average molecular weight is 450 g/mol. The first kappa shape index (κ1) is 20.6. The van der Waals surface area contributed by atoms with Gasteiger partial charge in [0, 0.05) is 37.3 Å². The monoisotopic (exact) mass is 449 g/mol. The van der Waals surface area contributed by atoms with E-state index in [4.69, 9.17) is 21.3 Å². The molecule has 8 heteroatoms. The van der Waals surface area contributed by atoms with Crippen LogP contribution >= 0.6 is 11.6 Å². The number of likely N-dealkylation sites (tertiary alicyclic amines) is 1. The molecule has 0 saturated carbocycles. The number of para-hydroxylation sites is 2. The molecule has 32 heavy (non-hydrogen) atoms. The molecule has 1 amide bonds. The lowest BCUT2D eigenvalue weighted by molar-refractivity contribution is 0.0695. The number of carbonyl (C=O) groups excluding carboxylic acids is 1. The van der Waals surface area contributed by atoms with Crippen LogP contribution in [0.1, 0.15) is 35.1 Å². The van der Waals surface area contributed by atoms with Crippen LogP contribution in [-0.2, 0) is 13.8 Å². The number of hydrogen-bond donors (Lipinski definition) is 0. The maximum absolute atomic E-state index is 13.1. The number of fused-ring (bicyclic) bond motifs is 1. The van der Waals surface area contributed by atoms with Gasteiger partial charge in [-0.25, -0.2) is 9.67 Å². The third-order valence-electron chi connectivity index (χ3n) is 5.91. The van der Waals surface area contributed by atoms with Crippen molar-refractivity contribution in [2.75, 3.05) is 13.1 Å². The molecule has 2 aromatic heterocycles. The summed E-state index contributed by atoms with van der Waals surface area (Å²) in [7, 11) is 2.05. The lowest BCUT2D eigenvalue weighted by Gasteiger charge is -2.32. The zero-order valence-electron chi connectivity index (χ0n) is 17.8. The van der Waals surface area contributed by atoms with E-state index in [9.17, 15) is 4.79 Å². The van der Waals surface area contributed by atoms with Crippen molar-refractivity contribution in [1.29, 1.82) is 0 Å². The molecule has 3 heterocycles. The van der Waals surface area contributed by atoms with Crippen LogP contribution in [0.15, 0.2) is 60.8 Å². The Morgan fingerprint density at radius 2 is 2.06 bits per heavy atom. The van der Waals surface area contributed by atoms with Gasteiger partial charge in [-0.15, -0.1) is 0 Å². The van der Waals surface area contributed by atoms with Crippen molar-refractivity contribution < 1.29 is 9.53 Å². The summed E-state index contributed by atoms with van der Waals surface area (Å²) in [6.07, 6.45) is 3.71. The van der Waals surface area contributed by atoms with Gasteiger partial charge in [0.05, 0.1) is 11.0 Å². The Morgan fingerprint density at radius 3 is 2.91 bits per heavy atom. The second kappa shape index (κ2) is 8.67. The fourth-order valence-electron chi connectivity index (χ4n) is 4.31. The number of amides is 1. The average Bonchev–Trinajstić information content (AvgIpc) is 3.42. The first-order valence-electron chi connectivity index (χ1n) is 10.7. The predicted molar refractivity (Wildman–Crippen MR) is 123 cm³/mol. The SMILES string of the molecule is Cn1c(C2CCCN(C(=O)c3ccn(COc4cccc(Cl)c4)n3)C2)nc2ccccc21. The Kier molecular flexibility index (Phi) is 5.57. The van der Waals surface area contributed by atoms with E-state index in [-0.39, 0.29) is 18.6 Å². The van der Waals surface area contributed by atoms with Crippen LogP contribution < -0.4 is 4.74 Å². The second-order valence-corrected chi connectivity index (χ2v) is 8.52. The third kappa shape index (κ3) is 4.08. The largest absolute Gasteiger partial charge is 0.471 e. The Hall–Kier alpha value is -3.32. The first-order chi connectivity index (χ1) is 15.6. The molecule has 164 valence electrons. The highest BCUT2D eigenvalue weighted by Crippen LogP contribution is 2.29. The van der Waals surface area contributed by atoms with E-state index in [1.54, 1.807) is 29.1 Å². The number of benzene rings is 2. The van der Waals surface area contributed by atoms with Crippen molar-refractivity contribution in [3.63, 3.8) is 0 Å². The molecule has 0 bridgehead atoms. The first-order valence-corrected chi connectivity index (χ1v) is 11.1. The minimum Gasteiger partial charge on any atom is -0.471 e. The van der Waals surface area contributed by atoms with Gasteiger partial charge in [-0.2, -0.15) is 5.10 Å². The molecule has 1 fully saturated rings. The van der Waals surface area contributed by atoms with E-state index in [1.165, 1.54) is 0 Å². The fraction of sp³-hybridized carbons (Fsp3) is 0.292. The topological polar surface area (TPSA) is 65.2 Å². The molecule has 4 aromatic rings. The van der Waals surface area contributed by atoms with Crippen LogP contribution in [0.3, 0.4) is 0 Å². The summed E-state index contributed by atoms with van der Waals surface area (Å²) in [4.78, 5) is 19.9. The second-order valence-electron chi connectivity index (χ2n) is 8.08. The van der Waals surface area contributed by atoms with Gasteiger partial charge in [0.1, 0.15) is 11.6 Å². The van der Waals surface area contributed by atoms with E-state index >= 15 is 0 Å². The quantitative estimate of drug-likeness (QED) is 0.450. The van der Waals surface area contributed by atoms with Crippen molar-refractivity contribution in [2.24, 2.45) is 7.05 Å². The highest BCUT2D eigenvalue weighted by atomic mass is 35.5. The van der Waals surface area contributed by atoms with Crippen molar-refractivity contribution in [3.05, 3.63) is 77.3 Å². The van der Waals surface area contributed by atoms with Crippen molar-refractivity contribution in [2.45, 2.75) is 25.5 Å². The van der Waals surface area contributed by atoms with Crippen LogP contribution in [0.2, 0.25) is 5.02 Å². The number of nitrogens with zero attached hydrogens (tertiary/aromatic N) is 5. The van der Waals surface area contributed by atoms with Crippen LogP contribution in [0, 0.1) is 0 Å². The molecular weight excluding hydrogens is 426 g/mol. The highest BCUT2D eigenvalue weighted by Gasteiger charge is 2.29. The number of rotatable bonds is 5. The number of hydrogen-bond acceptors (Lipinski definition) is 4. The summed E-state index contributed by atoms with van der Waals surface area (Å²) < 4.78 is 9.47. The summed E-state index contributed by atoms with van der Waals surface area (Å²) in [5, 5.41) is 5.03.